The first-order valence-electron chi connectivity index (χ1n) is 4.98. The molecule has 7 heteroatoms. The molecule has 90 valence electrons. The van der Waals surface area contributed by atoms with Gasteiger partial charge in [-0.3, -0.25) is 5.32 Å². The Labute approximate surface area is 106 Å². The Kier molecular flexibility index (Phi) is 4.39. The lowest BCUT2D eigenvalue weighted by molar-refractivity contribution is 0.0636. The van der Waals surface area contributed by atoms with Gasteiger partial charge in [0.05, 0.1) is 11.9 Å². The molecular weight excluding hydrogens is 237 g/mol. The first kappa shape index (κ1) is 13.8. The van der Waals surface area contributed by atoms with E-state index >= 15 is 0 Å². The average molecular weight is 251 g/mol. The van der Waals surface area contributed by atoms with Crippen LogP contribution < -0.4 is 10.9 Å². The van der Waals surface area contributed by atoms with Gasteiger partial charge in [0.15, 0.2) is 5.16 Å². The van der Waals surface area contributed by atoms with Crippen LogP contribution in [0, 0.1) is 0 Å². The highest BCUT2D eigenvalue weighted by atomic mass is 32.2. The molecule has 1 amide bonds. The number of amides is 1. The number of anilines is 1. The molecule has 0 spiro atoms. The van der Waals surface area contributed by atoms with E-state index in [0.717, 1.165) is 0 Å². The molecule has 0 saturated heterocycles. The topological polar surface area (TPSA) is 64.1 Å². The Bertz CT molecular complexity index is 421. The van der Waals surface area contributed by atoms with E-state index in [-0.39, 0.29) is 5.59 Å². The Morgan fingerprint density at radius 3 is 2.65 bits per heavy atom. The number of hydrogen-bond donors (Lipinski definition) is 1. The highest BCUT2D eigenvalue weighted by Gasteiger charge is 2.17. The molecule has 2 radical (unpaired) electrons. The summed E-state index contributed by atoms with van der Waals surface area (Å²) in [6.45, 7) is 5.34. The molecule has 0 fully saturated rings. The molecule has 0 saturated carbocycles. The Balaban J connectivity index is 2.72. The van der Waals surface area contributed by atoms with Crippen LogP contribution in [-0.4, -0.2) is 35.8 Å². The Morgan fingerprint density at radius 1 is 1.53 bits per heavy atom. The summed E-state index contributed by atoms with van der Waals surface area (Å²) < 4.78 is 5.09. The minimum absolute atomic E-state index is 0.218. The Morgan fingerprint density at radius 2 is 2.18 bits per heavy atom. The van der Waals surface area contributed by atoms with Gasteiger partial charge in [0, 0.05) is 5.59 Å². The quantitative estimate of drug-likeness (QED) is 0.488. The fraction of sp³-hybridized carbons (Fsp3) is 0.500. The number of thioether (sulfide) groups is 1. The lowest BCUT2D eigenvalue weighted by atomic mass is 10.0. The third-order valence-electron chi connectivity index (χ3n) is 1.61. The minimum Gasteiger partial charge on any atom is -0.444 e. The molecule has 0 aliphatic carbocycles. The number of hydrogen-bond acceptors (Lipinski definition) is 5. The molecule has 0 atom stereocenters. The van der Waals surface area contributed by atoms with Gasteiger partial charge in [-0.1, -0.05) is 11.8 Å². The molecule has 1 aromatic rings. The number of nitrogens with zero attached hydrogens (tertiary/aromatic N) is 2. The highest BCUT2D eigenvalue weighted by molar-refractivity contribution is 7.98. The van der Waals surface area contributed by atoms with Gasteiger partial charge in [-0.2, -0.15) is 0 Å². The van der Waals surface area contributed by atoms with Gasteiger partial charge < -0.3 is 4.74 Å². The van der Waals surface area contributed by atoms with Crippen molar-refractivity contribution in [1.82, 2.24) is 9.97 Å². The molecule has 0 aliphatic rings. The summed E-state index contributed by atoms with van der Waals surface area (Å²) in [6, 6.07) is 0. The summed E-state index contributed by atoms with van der Waals surface area (Å²) in [4.78, 5) is 19.5. The smallest absolute Gasteiger partial charge is 0.412 e. The monoisotopic (exact) mass is 251 g/mol. The van der Waals surface area contributed by atoms with E-state index in [1.165, 1.54) is 18.0 Å². The molecule has 1 aromatic heterocycles. The predicted octanol–water partition coefficient (Wildman–Crippen LogP) is 1.34. The summed E-state index contributed by atoms with van der Waals surface area (Å²) in [6.07, 6.45) is 2.72. The summed E-state index contributed by atoms with van der Waals surface area (Å²) in [5, 5.41) is 3.05. The van der Waals surface area contributed by atoms with E-state index in [1.807, 2.05) is 6.26 Å². The first-order chi connectivity index (χ1) is 7.81. The van der Waals surface area contributed by atoms with Crippen LogP contribution in [0.1, 0.15) is 20.8 Å². The minimum atomic E-state index is -0.579. The standard InChI is InChI=1S/C10H14BN3O2S/c1-10(2,3)16-9(15)13-6-5-12-8(17-4)14-7(6)11/h5H,1-4H3,(H,13,15). The summed E-state index contributed by atoms with van der Waals surface area (Å²) in [5.41, 5.74) is 0.00564. The zero-order valence-electron chi connectivity index (χ0n) is 10.3. The third-order valence-corrected chi connectivity index (χ3v) is 2.18. The van der Waals surface area contributed by atoms with Crippen molar-refractivity contribution in [2.24, 2.45) is 0 Å². The van der Waals surface area contributed by atoms with Crippen molar-refractivity contribution in [2.45, 2.75) is 31.5 Å². The molecule has 1 N–H and O–H groups in total. The van der Waals surface area contributed by atoms with Gasteiger partial charge in [0.25, 0.3) is 0 Å². The molecular formula is C10H14BN3O2S. The van der Waals surface area contributed by atoms with Crippen LogP contribution >= 0.6 is 11.8 Å². The normalized spacial score (nSPS) is 11.1. The van der Waals surface area contributed by atoms with Crippen LogP contribution in [0.3, 0.4) is 0 Å². The zero-order valence-corrected chi connectivity index (χ0v) is 11.1. The number of ether oxygens (including phenoxy) is 1. The van der Waals surface area contributed by atoms with Gasteiger partial charge in [-0.15, -0.1) is 0 Å². The lowest BCUT2D eigenvalue weighted by Gasteiger charge is -2.20. The van der Waals surface area contributed by atoms with Crippen LogP contribution in [-0.2, 0) is 4.74 Å². The van der Waals surface area contributed by atoms with Crippen LogP contribution in [0.4, 0.5) is 10.5 Å². The van der Waals surface area contributed by atoms with Gasteiger partial charge in [0.1, 0.15) is 13.4 Å². The largest absolute Gasteiger partial charge is 0.444 e. The van der Waals surface area contributed by atoms with Crippen LogP contribution in [0.2, 0.25) is 0 Å². The van der Waals surface area contributed by atoms with E-state index in [1.54, 1.807) is 20.8 Å². The number of carbonyl (C=O) groups is 1. The maximum atomic E-state index is 11.5. The first-order valence-corrected chi connectivity index (χ1v) is 6.21. The highest BCUT2D eigenvalue weighted by Crippen LogP contribution is 2.11. The SMILES string of the molecule is [B]c1nc(SC)ncc1NC(=O)OC(C)(C)C. The van der Waals surface area contributed by atoms with E-state index in [0.29, 0.717) is 10.8 Å². The fourth-order valence-electron chi connectivity index (χ4n) is 0.986. The molecule has 1 rings (SSSR count). The molecule has 0 aliphatic heterocycles. The van der Waals surface area contributed by atoms with Gasteiger partial charge in [0.2, 0.25) is 0 Å². The number of aromatic nitrogens is 2. The van der Waals surface area contributed by atoms with E-state index < -0.39 is 11.7 Å². The second kappa shape index (κ2) is 5.40. The van der Waals surface area contributed by atoms with Crippen molar-refractivity contribution in [2.75, 3.05) is 11.6 Å². The van der Waals surface area contributed by atoms with Gasteiger partial charge in [-0.05, 0) is 27.0 Å². The van der Waals surface area contributed by atoms with Crippen molar-refractivity contribution >= 4 is 37.0 Å². The van der Waals surface area contributed by atoms with Crippen molar-refractivity contribution < 1.29 is 9.53 Å². The maximum Gasteiger partial charge on any atom is 0.412 e. The van der Waals surface area contributed by atoms with Gasteiger partial charge >= 0.3 is 6.09 Å². The fourth-order valence-corrected chi connectivity index (χ4v) is 1.33. The van der Waals surface area contributed by atoms with Crippen molar-refractivity contribution in [3.05, 3.63) is 6.20 Å². The predicted molar refractivity (Wildman–Crippen MR) is 69.1 cm³/mol. The van der Waals surface area contributed by atoms with E-state index in [9.17, 15) is 4.79 Å². The van der Waals surface area contributed by atoms with Crippen LogP contribution in [0.5, 0.6) is 0 Å². The lowest BCUT2D eigenvalue weighted by Crippen LogP contribution is -2.29. The summed E-state index contributed by atoms with van der Waals surface area (Å²) >= 11 is 1.37. The second-order valence-corrected chi connectivity index (χ2v) is 5.06. The molecule has 1 heterocycles. The second-order valence-electron chi connectivity index (χ2n) is 4.28. The van der Waals surface area contributed by atoms with Crippen molar-refractivity contribution in [1.29, 1.82) is 0 Å². The number of nitrogens with one attached hydrogen (secondary N) is 1. The van der Waals surface area contributed by atoms with Crippen LogP contribution in [0.15, 0.2) is 11.4 Å². The number of rotatable bonds is 2. The van der Waals surface area contributed by atoms with E-state index in [2.05, 4.69) is 15.3 Å². The molecule has 0 bridgehead atoms. The maximum absolute atomic E-state index is 11.5. The number of carbonyl (C=O) groups excluding carboxylic acids is 1. The van der Waals surface area contributed by atoms with Crippen molar-refractivity contribution in [3.8, 4) is 0 Å². The molecule has 0 unspecified atom stereocenters. The molecule has 5 nitrogen and oxygen atoms in total. The molecule has 17 heavy (non-hydrogen) atoms. The molecule has 0 aromatic carbocycles. The van der Waals surface area contributed by atoms with Crippen LogP contribution in [0.25, 0.3) is 0 Å². The van der Waals surface area contributed by atoms with Crippen molar-refractivity contribution in [3.63, 3.8) is 0 Å². The Hall–Kier alpha value is -1.24. The van der Waals surface area contributed by atoms with E-state index in [4.69, 9.17) is 12.6 Å². The summed E-state index contributed by atoms with van der Waals surface area (Å²) in [7, 11) is 5.67. The zero-order chi connectivity index (χ0) is 13.1. The van der Waals surface area contributed by atoms with Gasteiger partial charge in [-0.25, -0.2) is 14.8 Å². The summed E-state index contributed by atoms with van der Waals surface area (Å²) in [5.74, 6) is 0. The third kappa shape index (κ3) is 4.64. The average Bonchev–Trinajstić information content (AvgIpc) is 2.18.